The molecule has 0 aliphatic rings. The molecule has 0 aromatic carbocycles. The number of carbonyl (C=O) groups excluding carboxylic acids is 1. The molecule has 0 radical (unpaired) electrons. The zero-order valence-corrected chi connectivity index (χ0v) is 11.7. The van der Waals surface area contributed by atoms with Crippen LogP contribution in [0, 0.1) is 0 Å². The number of hydrogen-bond donors (Lipinski definition) is 0. The van der Waals surface area contributed by atoms with Crippen LogP contribution < -0.4 is 0 Å². The molecule has 0 N–H and O–H groups in total. The second-order valence-corrected chi connectivity index (χ2v) is 4.74. The van der Waals surface area contributed by atoms with Crippen molar-refractivity contribution in [2.24, 2.45) is 0 Å². The summed E-state index contributed by atoms with van der Waals surface area (Å²) in [5.74, 6) is -0.184. The third kappa shape index (κ3) is 3.43. The van der Waals surface area contributed by atoms with Gasteiger partial charge in [-0.1, -0.05) is 29.3 Å². The molecule has 0 saturated carbocycles. The van der Waals surface area contributed by atoms with Crippen molar-refractivity contribution >= 4 is 29.1 Å². The van der Waals surface area contributed by atoms with Crippen LogP contribution in [0.25, 0.3) is 0 Å². The zero-order valence-electron chi connectivity index (χ0n) is 10.2. The number of carbonyl (C=O) groups is 1. The van der Waals surface area contributed by atoms with E-state index in [4.69, 9.17) is 23.2 Å². The van der Waals surface area contributed by atoms with Crippen LogP contribution >= 0.6 is 23.2 Å². The Morgan fingerprint density at radius 3 is 2.74 bits per heavy atom. The van der Waals surface area contributed by atoms with E-state index in [1.807, 2.05) is 18.2 Å². The second-order valence-electron chi connectivity index (χ2n) is 3.98. The Bertz CT molecular complexity index is 590. The van der Waals surface area contributed by atoms with E-state index >= 15 is 0 Å². The first-order valence-electron chi connectivity index (χ1n) is 5.54. The summed E-state index contributed by atoms with van der Waals surface area (Å²) in [4.78, 5) is 21.7. The summed E-state index contributed by atoms with van der Waals surface area (Å²) < 4.78 is 0. The third-order valence-electron chi connectivity index (χ3n) is 2.52. The van der Waals surface area contributed by atoms with Gasteiger partial charge in [0.05, 0.1) is 22.8 Å². The first-order chi connectivity index (χ1) is 9.08. The summed E-state index contributed by atoms with van der Waals surface area (Å²) in [5.41, 5.74) is 1.21. The molecule has 0 bridgehead atoms. The van der Waals surface area contributed by atoms with Crippen LogP contribution in [0.5, 0.6) is 0 Å². The molecule has 0 unspecified atom stereocenters. The van der Waals surface area contributed by atoms with E-state index in [1.54, 1.807) is 18.1 Å². The lowest BCUT2D eigenvalue weighted by atomic mass is 10.2. The highest BCUT2D eigenvalue weighted by Gasteiger charge is 2.14. The summed E-state index contributed by atoms with van der Waals surface area (Å²) in [5, 5.41) is 0.448. The van der Waals surface area contributed by atoms with E-state index in [0.717, 1.165) is 5.69 Å². The fourth-order valence-corrected chi connectivity index (χ4v) is 1.83. The Kier molecular flexibility index (Phi) is 4.35. The van der Waals surface area contributed by atoms with Crippen LogP contribution in [0.3, 0.4) is 0 Å². The lowest BCUT2D eigenvalue weighted by Crippen LogP contribution is -2.26. The average Bonchev–Trinajstić information content (AvgIpc) is 2.42. The molecule has 2 aromatic heterocycles. The quantitative estimate of drug-likeness (QED) is 0.818. The fourth-order valence-electron chi connectivity index (χ4n) is 1.57. The Labute approximate surface area is 121 Å². The van der Waals surface area contributed by atoms with Gasteiger partial charge in [-0.25, -0.2) is 4.98 Å². The molecular formula is C13H11Cl2N3O. The van der Waals surface area contributed by atoms with Crippen LogP contribution in [-0.2, 0) is 6.54 Å². The van der Waals surface area contributed by atoms with Gasteiger partial charge in [0.1, 0.15) is 5.15 Å². The highest BCUT2D eigenvalue weighted by Crippen LogP contribution is 2.20. The SMILES string of the molecule is CN(Cc1ccccn1)C(=O)c1cnc(Cl)c(Cl)c1. The molecule has 0 spiro atoms. The van der Waals surface area contributed by atoms with Crippen molar-refractivity contribution in [2.75, 3.05) is 7.05 Å². The van der Waals surface area contributed by atoms with Gasteiger partial charge in [0.15, 0.2) is 0 Å². The maximum atomic E-state index is 12.2. The molecule has 2 rings (SSSR count). The minimum atomic E-state index is -0.184. The van der Waals surface area contributed by atoms with E-state index in [2.05, 4.69) is 9.97 Å². The molecule has 0 aliphatic heterocycles. The predicted molar refractivity (Wildman–Crippen MR) is 74.3 cm³/mol. The van der Waals surface area contributed by atoms with Crippen molar-refractivity contribution in [1.29, 1.82) is 0 Å². The maximum absolute atomic E-state index is 12.2. The molecule has 19 heavy (non-hydrogen) atoms. The van der Waals surface area contributed by atoms with Crippen LogP contribution in [0.4, 0.5) is 0 Å². The van der Waals surface area contributed by atoms with E-state index in [0.29, 0.717) is 12.1 Å². The fraction of sp³-hybridized carbons (Fsp3) is 0.154. The Balaban J connectivity index is 2.12. The van der Waals surface area contributed by atoms with Gasteiger partial charge in [0.2, 0.25) is 0 Å². The van der Waals surface area contributed by atoms with Crippen LogP contribution in [0.2, 0.25) is 10.2 Å². The Morgan fingerprint density at radius 1 is 1.32 bits per heavy atom. The van der Waals surface area contributed by atoms with Gasteiger partial charge in [-0.3, -0.25) is 9.78 Å². The number of rotatable bonds is 3. The second kappa shape index (κ2) is 5.99. The molecular weight excluding hydrogens is 285 g/mol. The number of halogens is 2. The van der Waals surface area contributed by atoms with Gasteiger partial charge >= 0.3 is 0 Å². The molecule has 4 nitrogen and oxygen atoms in total. The minimum Gasteiger partial charge on any atom is -0.336 e. The molecule has 2 aromatic rings. The standard InChI is InChI=1S/C13H11Cl2N3O/c1-18(8-10-4-2-3-5-16-10)13(19)9-6-11(14)12(15)17-7-9/h2-7H,8H2,1H3. The average molecular weight is 296 g/mol. The van der Waals surface area contributed by atoms with Crippen molar-refractivity contribution in [3.8, 4) is 0 Å². The monoisotopic (exact) mass is 295 g/mol. The number of aromatic nitrogens is 2. The molecule has 2 heterocycles. The number of nitrogens with zero attached hydrogens (tertiary/aromatic N) is 3. The van der Waals surface area contributed by atoms with Crippen molar-refractivity contribution < 1.29 is 4.79 Å². The Hall–Kier alpha value is -1.65. The first-order valence-corrected chi connectivity index (χ1v) is 6.30. The zero-order chi connectivity index (χ0) is 13.8. The summed E-state index contributed by atoms with van der Waals surface area (Å²) in [6.45, 7) is 0.417. The number of hydrogen-bond acceptors (Lipinski definition) is 3. The summed E-state index contributed by atoms with van der Waals surface area (Å²) >= 11 is 11.6. The van der Waals surface area contributed by atoms with Crippen LogP contribution in [0.1, 0.15) is 16.1 Å². The lowest BCUT2D eigenvalue weighted by Gasteiger charge is -2.16. The first kappa shape index (κ1) is 13.8. The van der Waals surface area contributed by atoms with Gasteiger partial charge in [0.25, 0.3) is 5.91 Å². The molecule has 1 amide bonds. The van der Waals surface area contributed by atoms with Crippen LogP contribution in [-0.4, -0.2) is 27.8 Å². The number of amides is 1. The van der Waals surface area contributed by atoms with Gasteiger partial charge in [-0.2, -0.15) is 0 Å². The van der Waals surface area contributed by atoms with Gasteiger partial charge in [0, 0.05) is 19.4 Å². The molecule has 98 valence electrons. The van der Waals surface area contributed by atoms with Crippen LogP contribution in [0.15, 0.2) is 36.7 Å². The largest absolute Gasteiger partial charge is 0.336 e. The van der Waals surface area contributed by atoms with E-state index in [1.165, 1.54) is 12.3 Å². The van der Waals surface area contributed by atoms with E-state index in [-0.39, 0.29) is 16.1 Å². The maximum Gasteiger partial charge on any atom is 0.255 e. The third-order valence-corrected chi connectivity index (χ3v) is 3.20. The molecule has 0 aliphatic carbocycles. The van der Waals surface area contributed by atoms with Gasteiger partial charge < -0.3 is 4.90 Å². The van der Waals surface area contributed by atoms with Crippen molar-refractivity contribution in [3.05, 3.63) is 58.1 Å². The van der Waals surface area contributed by atoms with Crippen molar-refractivity contribution in [2.45, 2.75) is 6.54 Å². The normalized spacial score (nSPS) is 10.3. The lowest BCUT2D eigenvalue weighted by molar-refractivity contribution is 0.0783. The van der Waals surface area contributed by atoms with Crippen molar-refractivity contribution in [1.82, 2.24) is 14.9 Å². The molecule has 0 fully saturated rings. The van der Waals surface area contributed by atoms with Crippen molar-refractivity contribution in [3.63, 3.8) is 0 Å². The van der Waals surface area contributed by atoms with E-state index < -0.39 is 0 Å². The summed E-state index contributed by atoms with van der Waals surface area (Å²) in [6.07, 6.45) is 3.10. The highest BCUT2D eigenvalue weighted by molar-refractivity contribution is 6.41. The van der Waals surface area contributed by atoms with Gasteiger partial charge in [-0.15, -0.1) is 0 Å². The van der Waals surface area contributed by atoms with Gasteiger partial charge in [-0.05, 0) is 18.2 Å². The molecule has 6 heteroatoms. The molecule has 0 atom stereocenters. The summed E-state index contributed by atoms with van der Waals surface area (Å²) in [6, 6.07) is 7.07. The minimum absolute atomic E-state index is 0.184. The number of pyridine rings is 2. The Morgan fingerprint density at radius 2 is 2.11 bits per heavy atom. The summed E-state index contributed by atoms with van der Waals surface area (Å²) in [7, 11) is 1.69. The topological polar surface area (TPSA) is 46.1 Å². The highest BCUT2D eigenvalue weighted by atomic mass is 35.5. The van der Waals surface area contributed by atoms with E-state index in [9.17, 15) is 4.79 Å². The molecule has 0 saturated heterocycles. The predicted octanol–water partition coefficient (Wildman–Crippen LogP) is 3.06. The smallest absolute Gasteiger partial charge is 0.255 e.